The van der Waals surface area contributed by atoms with Gasteiger partial charge in [0.15, 0.2) is 0 Å². The van der Waals surface area contributed by atoms with Gasteiger partial charge in [-0.3, -0.25) is 14.5 Å². The monoisotopic (exact) mass is 338 g/mol. The van der Waals surface area contributed by atoms with Crippen LogP contribution in [0.1, 0.15) is 16.9 Å². The Hall–Kier alpha value is -2.60. The van der Waals surface area contributed by atoms with Crippen molar-refractivity contribution in [2.45, 2.75) is 12.0 Å². The molecule has 6 nitrogen and oxygen atoms in total. The predicted molar refractivity (Wildman–Crippen MR) is 95.5 cm³/mol. The molecule has 2 aliphatic heterocycles. The molecule has 2 amide bonds. The molecule has 1 spiro atoms. The number of rotatable bonds is 2. The van der Waals surface area contributed by atoms with E-state index in [9.17, 15) is 9.59 Å². The number of H-pyrrole nitrogens is 1. The number of carbonyl (C=O) groups excluding carboxylic acids is 2. The maximum absolute atomic E-state index is 12.7. The molecule has 2 aromatic rings. The molecule has 130 valence electrons. The summed E-state index contributed by atoms with van der Waals surface area (Å²) in [7, 11) is 1.99. The highest BCUT2D eigenvalue weighted by Crippen LogP contribution is 2.33. The second kappa shape index (κ2) is 6.04. The van der Waals surface area contributed by atoms with Crippen molar-refractivity contribution in [3.63, 3.8) is 0 Å². The van der Waals surface area contributed by atoms with Gasteiger partial charge in [0.2, 0.25) is 5.91 Å². The van der Waals surface area contributed by atoms with Gasteiger partial charge in [0.1, 0.15) is 5.69 Å². The number of piperazine rings is 1. The molecule has 0 saturated carbocycles. The van der Waals surface area contributed by atoms with Crippen molar-refractivity contribution in [3.8, 4) is 0 Å². The van der Waals surface area contributed by atoms with Crippen LogP contribution >= 0.6 is 0 Å². The maximum atomic E-state index is 12.7. The summed E-state index contributed by atoms with van der Waals surface area (Å²) in [5.41, 5.74) is 1.35. The normalized spacial score (nSPS) is 24.3. The summed E-state index contributed by atoms with van der Waals surface area (Å²) in [5, 5.41) is 0. The highest BCUT2D eigenvalue weighted by atomic mass is 16.2. The lowest BCUT2D eigenvalue weighted by Gasteiger charge is -2.46. The van der Waals surface area contributed by atoms with Crippen LogP contribution in [-0.4, -0.2) is 65.4 Å². The number of nitrogens with one attached hydrogen (secondary N) is 1. The van der Waals surface area contributed by atoms with Crippen molar-refractivity contribution < 1.29 is 9.59 Å². The first-order valence-corrected chi connectivity index (χ1v) is 8.58. The van der Waals surface area contributed by atoms with Crippen LogP contribution < -0.4 is 4.90 Å². The Labute approximate surface area is 147 Å². The summed E-state index contributed by atoms with van der Waals surface area (Å²) in [4.78, 5) is 34.1. The van der Waals surface area contributed by atoms with Gasteiger partial charge in [0.25, 0.3) is 5.91 Å². The molecule has 1 atom stereocenters. The van der Waals surface area contributed by atoms with E-state index in [1.807, 2.05) is 53.2 Å². The van der Waals surface area contributed by atoms with Crippen molar-refractivity contribution in [1.82, 2.24) is 14.8 Å². The quantitative estimate of drug-likeness (QED) is 0.904. The minimum absolute atomic E-state index is 0.0263. The number of nitrogens with zero attached hydrogens (tertiary/aromatic N) is 3. The Morgan fingerprint density at radius 1 is 1.12 bits per heavy atom. The summed E-state index contributed by atoms with van der Waals surface area (Å²) >= 11 is 0. The first-order valence-electron chi connectivity index (χ1n) is 8.58. The average Bonchev–Trinajstić information content (AvgIpc) is 3.30. The van der Waals surface area contributed by atoms with Crippen molar-refractivity contribution >= 4 is 17.5 Å². The molecule has 1 aromatic carbocycles. The molecule has 6 heteroatoms. The van der Waals surface area contributed by atoms with Crippen molar-refractivity contribution in [1.29, 1.82) is 0 Å². The Balaban J connectivity index is 1.56. The summed E-state index contributed by atoms with van der Waals surface area (Å²) < 4.78 is 0. The SMILES string of the molecule is CN1CC(=O)N(c2ccccc2)C[C@]12CCN(C(=O)c1ccc[nH]1)C2. The molecule has 0 unspecified atom stereocenters. The molecule has 3 heterocycles. The number of aromatic amines is 1. The van der Waals surface area contributed by atoms with Crippen LogP contribution in [0.25, 0.3) is 0 Å². The summed E-state index contributed by atoms with van der Waals surface area (Å²) in [6, 6.07) is 13.4. The first-order chi connectivity index (χ1) is 12.1. The number of benzene rings is 1. The number of amides is 2. The van der Waals surface area contributed by atoms with Gasteiger partial charge in [-0.25, -0.2) is 0 Å². The number of para-hydroxylation sites is 1. The Kier molecular flexibility index (Phi) is 3.84. The molecule has 0 radical (unpaired) electrons. The van der Waals surface area contributed by atoms with Crippen molar-refractivity contribution in [3.05, 3.63) is 54.4 Å². The fraction of sp³-hybridized carbons (Fsp3) is 0.368. The zero-order valence-electron chi connectivity index (χ0n) is 14.3. The van der Waals surface area contributed by atoms with Gasteiger partial charge >= 0.3 is 0 Å². The fourth-order valence-corrected chi connectivity index (χ4v) is 3.91. The number of carbonyl (C=O) groups is 2. The highest BCUT2D eigenvalue weighted by molar-refractivity contribution is 5.96. The van der Waals surface area contributed by atoms with Crippen LogP contribution in [0.3, 0.4) is 0 Å². The lowest BCUT2D eigenvalue weighted by Crippen LogP contribution is -2.64. The first kappa shape index (κ1) is 15.9. The van der Waals surface area contributed by atoms with Crippen LogP contribution in [0.2, 0.25) is 0 Å². The largest absolute Gasteiger partial charge is 0.357 e. The minimum atomic E-state index is -0.188. The van der Waals surface area contributed by atoms with E-state index in [0.717, 1.165) is 12.1 Å². The lowest BCUT2D eigenvalue weighted by atomic mass is 9.92. The van der Waals surface area contributed by atoms with E-state index in [0.29, 0.717) is 31.9 Å². The number of likely N-dealkylation sites (N-methyl/N-ethyl adjacent to an activating group) is 1. The Bertz CT molecular complexity index is 774. The molecular formula is C19H22N4O2. The van der Waals surface area contributed by atoms with Crippen LogP contribution in [0.4, 0.5) is 5.69 Å². The van der Waals surface area contributed by atoms with E-state index < -0.39 is 0 Å². The molecule has 25 heavy (non-hydrogen) atoms. The summed E-state index contributed by atoms with van der Waals surface area (Å²) in [6.07, 6.45) is 2.63. The highest BCUT2D eigenvalue weighted by Gasteiger charge is 2.48. The predicted octanol–water partition coefficient (Wildman–Crippen LogP) is 1.58. The zero-order valence-corrected chi connectivity index (χ0v) is 14.3. The molecule has 4 rings (SSSR count). The molecule has 0 aliphatic carbocycles. The van der Waals surface area contributed by atoms with Gasteiger partial charge in [0, 0.05) is 31.5 Å². The van der Waals surface area contributed by atoms with E-state index in [4.69, 9.17) is 0 Å². The number of anilines is 1. The molecular weight excluding hydrogens is 316 g/mol. The van der Waals surface area contributed by atoms with E-state index in [1.165, 1.54) is 0 Å². The fourth-order valence-electron chi connectivity index (χ4n) is 3.91. The van der Waals surface area contributed by atoms with Gasteiger partial charge in [-0.05, 0) is 37.7 Å². The topological polar surface area (TPSA) is 59.7 Å². The summed E-state index contributed by atoms with van der Waals surface area (Å²) in [5.74, 6) is 0.131. The van der Waals surface area contributed by atoms with E-state index in [-0.39, 0.29) is 17.4 Å². The number of aromatic nitrogens is 1. The number of likely N-dealkylation sites (tertiary alicyclic amines) is 1. The number of hydrogen-bond donors (Lipinski definition) is 1. The number of hydrogen-bond acceptors (Lipinski definition) is 3. The molecule has 1 aromatic heterocycles. The van der Waals surface area contributed by atoms with Gasteiger partial charge in [-0.2, -0.15) is 0 Å². The maximum Gasteiger partial charge on any atom is 0.270 e. The smallest absolute Gasteiger partial charge is 0.270 e. The van der Waals surface area contributed by atoms with Gasteiger partial charge < -0.3 is 14.8 Å². The summed E-state index contributed by atoms with van der Waals surface area (Å²) in [6.45, 7) is 2.33. The molecule has 2 fully saturated rings. The Morgan fingerprint density at radius 3 is 2.64 bits per heavy atom. The second-order valence-corrected chi connectivity index (χ2v) is 6.96. The minimum Gasteiger partial charge on any atom is -0.357 e. The van der Waals surface area contributed by atoms with Gasteiger partial charge in [-0.15, -0.1) is 0 Å². The van der Waals surface area contributed by atoms with Crippen molar-refractivity contribution in [2.24, 2.45) is 0 Å². The molecule has 2 saturated heterocycles. The van der Waals surface area contributed by atoms with Crippen LogP contribution in [0, 0.1) is 0 Å². The van der Waals surface area contributed by atoms with Gasteiger partial charge in [0.05, 0.1) is 12.1 Å². The zero-order chi connectivity index (χ0) is 17.4. The lowest BCUT2D eigenvalue weighted by molar-refractivity contribution is -0.123. The van der Waals surface area contributed by atoms with E-state index in [2.05, 4.69) is 9.88 Å². The van der Waals surface area contributed by atoms with Gasteiger partial charge in [-0.1, -0.05) is 18.2 Å². The van der Waals surface area contributed by atoms with Crippen molar-refractivity contribution in [2.75, 3.05) is 38.1 Å². The molecule has 1 N–H and O–H groups in total. The van der Waals surface area contributed by atoms with Crippen LogP contribution in [0.15, 0.2) is 48.7 Å². The van der Waals surface area contributed by atoms with E-state index >= 15 is 0 Å². The molecule has 2 aliphatic rings. The van der Waals surface area contributed by atoms with E-state index in [1.54, 1.807) is 12.3 Å². The standard InChI is InChI=1S/C19H22N4O2/c1-21-12-17(24)23(15-6-3-2-4-7-15)14-19(21)9-11-22(13-19)18(25)16-8-5-10-20-16/h2-8,10,20H,9,11-14H2,1H3/t19-/m1/s1. The Morgan fingerprint density at radius 2 is 1.92 bits per heavy atom. The third-order valence-corrected chi connectivity index (χ3v) is 5.45. The third kappa shape index (κ3) is 2.72. The molecule has 0 bridgehead atoms. The average molecular weight is 338 g/mol. The third-order valence-electron chi connectivity index (χ3n) is 5.45. The second-order valence-electron chi connectivity index (χ2n) is 6.96. The van der Waals surface area contributed by atoms with Crippen LogP contribution in [-0.2, 0) is 4.79 Å². The van der Waals surface area contributed by atoms with Crippen LogP contribution in [0.5, 0.6) is 0 Å².